The summed E-state index contributed by atoms with van der Waals surface area (Å²) in [6.45, 7) is 0. The van der Waals surface area contributed by atoms with Crippen LogP contribution in [0.2, 0.25) is 0 Å². The molecule has 1 aromatic carbocycles. The summed E-state index contributed by atoms with van der Waals surface area (Å²) in [5.41, 5.74) is 8.62. The number of fused-ring (bicyclic) bond motifs is 1. The van der Waals surface area contributed by atoms with Crippen molar-refractivity contribution >= 4 is 11.7 Å². The Balaban J connectivity index is 2.21. The number of nitriles is 1. The molecule has 0 heterocycles. The number of nitrogens with zero attached hydrogens (tertiary/aromatic N) is 1. The minimum atomic E-state index is -0.613. The first-order valence-corrected chi connectivity index (χ1v) is 6.96. The quantitative estimate of drug-likeness (QED) is 0.820. The molecule has 0 radical (unpaired) electrons. The van der Waals surface area contributed by atoms with Gasteiger partial charge in [0, 0.05) is 11.0 Å². The van der Waals surface area contributed by atoms with Gasteiger partial charge in [-0.05, 0) is 24.8 Å². The van der Waals surface area contributed by atoms with Crippen LogP contribution in [0.3, 0.4) is 0 Å². The summed E-state index contributed by atoms with van der Waals surface area (Å²) in [5.74, 6) is 0. The van der Waals surface area contributed by atoms with Gasteiger partial charge in [-0.1, -0.05) is 37.1 Å². The molecule has 1 fully saturated rings. The molecule has 2 aliphatic carbocycles. The van der Waals surface area contributed by atoms with Crippen molar-refractivity contribution in [3.05, 3.63) is 41.0 Å². The Bertz CT molecular complexity index is 633. The summed E-state index contributed by atoms with van der Waals surface area (Å²) in [4.78, 5) is 11.3. The standard InChI is InChI=1S/C16H17N3O/c17-10-13-14(19-15(18)20)12-6-2-1-5-11(12)9-16(13)7-3-4-8-16/h1-2,5-6H,3-4,7-9H2,(H3,18,19,20). The van der Waals surface area contributed by atoms with E-state index in [1.54, 1.807) is 0 Å². The molecular weight excluding hydrogens is 250 g/mol. The van der Waals surface area contributed by atoms with E-state index in [2.05, 4.69) is 17.5 Å². The lowest BCUT2D eigenvalue weighted by molar-refractivity contribution is 0.252. The number of urea groups is 1. The van der Waals surface area contributed by atoms with Crippen LogP contribution in [0.1, 0.15) is 36.8 Å². The fourth-order valence-electron chi connectivity index (χ4n) is 3.68. The maximum atomic E-state index is 11.3. The van der Waals surface area contributed by atoms with Crippen LogP contribution in [-0.2, 0) is 6.42 Å². The van der Waals surface area contributed by atoms with Crippen molar-refractivity contribution in [2.45, 2.75) is 32.1 Å². The van der Waals surface area contributed by atoms with Gasteiger partial charge in [-0.25, -0.2) is 4.79 Å². The second-order valence-electron chi connectivity index (χ2n) is 5.67. The number of allylic oxidation sites excluding steroid dienone is 1. The van der Waals surface area contributed by atoms with Crippen LogP contribution in [-0.4, -0.2) is 6.03 Å². The molecule has 1 aromatic rings. The van der Waals surface area contributed by atoms with E-state index in [9.17, 15) is 10.1 Å². The number of amides is 2. The van der Waals surface area contributed by atoms with Crippen molar-refractivity contribution in [3.8, 4) is 6.07 Å². The van der Waals surface area contributed by atoms with Gasteiger partial charge in [-0.3, -0.25) is 0 Å². The molecule has 0 aromatic heterocycles. The highest BCUT2D eigenvalue weighted by Crippen LogP contribution is 2.51. The van der Waals surface area contributed by atoms with Gasteiger partial charge in [0.1, 0.15) is 0 Å². The lowest BCUT2D eigenvalue weighted by Gasteiger charge is -2.35. The third kappa shape index (κ3) is 1.87. The van der Waals surface area contributed by atoms with Gasteiger partial charge in [0.2, 0.25) is 0 Å². The Morgan fingerprint density at radius 1 is 1.30 bits per heavy atom. The Labute approximate surface area is 118 Å². The van der Waals surface area contributed by atoms with Crippen LogP contribution in [0, 0.1) is 16.7 Å². The van der Waals surface area contributed by atoms with Gasteiger partial charge in [0.25, 0.3) is 0 Å². The molecule has 0 atom stereocenters. The third-order valence-corrected chi connectivity index (χ3v) is 4.52. The molecule has 102 valence electrons. The van der Waals surface area contributed by atoms with E-state index in [0.29, 0.717) is 11.3 Å². The first-order valence-electron chi connectivity index (χ1n) is 6.96. The van der Waals surface area contributed by atoms with Crippen molar-refractivity contribution in [1.29, 1.82) is 5.26 Å². The van der Waals surface area contributed by atoms with Crippen LogP contribution in [0.15, 0.2) is 29.8 Å². The predicted molar refractivity (Wildman–Crippen MR) is 76.3 cm³/mol. The molecule has 20 heavy (non-hydrogen) atoms. The van der Waals surface area contributed by atoms with Crippen LogP contribution < -0.4 is 11.1 Å². The van der Waals surface area contributed by atoms with Gasteiger partial charge >= 0.3 is 6.03 Å². The van der Waals surface area contributed by atoms with E-state index in [-0.39, 0.29) is 5.41 Å². The van der Waals surface area contributed by atoms with Crippen molar-refractivity contribution in [3.63, 3.8) is 0 Å². The van der Waals surface area contributed by atoms with Crippen LogP contribution in [0.4, 0.5) is 4.79 Å². The molecular formula is C16H17N3O. The molecule has 1 spiro atoms. The number of hydrogen-bond acceptors (Lipinski definition) is 2. The molecule has 0 saturated heterocycles. The van der Waals surface area contributed by atoms with Crippen molar-refractivity contribution in [2.24, 2.45) is 11.1 Å². The fourth-order valence-corrected chi connectivity index (χ4v) is 3.68. The van der Waals surface area contributed by atoms with Crippen molar-refractivity contribution in [2.75, 3.05) is 0 Å². The summed E-state index contributed by atoms with van der Waals surface area (Å²) in [5, 5.41) is 12.3. The smallest absolute Gasteiger partial charge is 0.316 e. The zero-order valence-corrected chi connectivity index (χ0v) is 11.3. The zero-order valence-electron chi connectivity index (χ0n) is 11.3. The Morgan fingerprint density at radius 2 is 2.00 bits per heavy atom. The molecule has 2 aliphatic rings. The van der Waals surface area contributed by atoms with Crippen molar-refractivity contribution in [1.82, 2.24) is 5.32 Å². The monoisotopic (exact) mass is 267 g/mol. The average molecular weight is 267 g/mol. The number of carbonyl (C=O) groups excluding carboxylic acids is 1. The Morgan fingerprint density at radius 3 is 2.65 bits per heavy atom. The van der Waals surface area contributed by atoms with Crippen LogP contribution in [0.25, 0.3) is 5.70 Å². The summed E-state index contributed by atoms with van der Waals surface area (Å²) in [6, 6.07) is 9.67. The second-order valence-corrected chi connectivity index (χ2v) is 5.67. The topological polar surface area (TPSA) is 78.9 Å². The van der Waals surface area contributed by atoms with E-state index in [4.69, 9.17) is 5.73 Å². The van der Waals surface area contributed by atoms with E-state index in [1.165, 1.54) is 5.56 Å². The van der Waals surface area contributed by atoms with E-state index in [1.807, 2.05) is 18.2 Å². The fraction of sp³-hybridized carbons (Fsp3) is 0.375. The lowest BCUT2D eigenvalue weighted by atomic mass is 9.68. The molecule has 2 amide bonds. The minimum Gasteiger partial charge on any atom is -0.351 e. The van der Waals surface area contributed by atoms with Gasteiger partial charge in [-0.2, -0.15) is 5.26 Å². The molecule has 0 unspecified atom stereocenters. The Kier molecular flexibility index (Phi) is 2.98. The number of primary amides is 1. The molecule has 4 heteroatoms. The van der Waals surface area contributed by atoms with Gasteiger partial charge in [-0.15, -0.1) is 0 Å². The average Bonchev–Trinajstić information content (AvgIpc) is 2.87. The first-order chi connectivity index (χ1) is 9.66. The van der Waals surface area contributed by atoms with Gasteiger partial charge in [0.05, 0.1) is 17.3 Å². The number of nitrogens with one attached hydrogen (secondary N) is 1. The van der Waals surface area contributed by atoms with Crippen LogP contribution >= 0.6 is 0 Å². The SMILES string of the molecule is N#CC1=C(NC(N)=O)c2ccccc2CC12CCCC2. The molecule has 3 N–H and O–H groups in total. The maximum Gasteiger partial charge on any atom is 0.316 e. The first kappa shape index (κ1) is 12.7. The molecule has 0 aliphatic heterocycles. The number of rotatable bonds is 1. The number of hydrogen-bond donors (Lipinski definition) is 2. The maximum absolute atomic E-state index is 11.3. The number of carbonyl (C=O) groups is 1. The van der Waals surface area contributed by atoms with E-state index < -0.39 is 6.03 Å². The van der Waals surface area contributed by atoms with Gasteiger partial charge in [0.15, 0.2) is 0 Å². The largest absolute Gasteiger partial charge is 0.351 e. The highest BCUT2D eigenvalue weighted by molar-refractivity contribution is 5.88. The van der Waals surface area contributed by atoms with E-state index in [0.717, 1.165) is 37.7 Å². The minimum absolute atomic E-state index is 0.110. The molecule has 3 rings (SSSR count). The number of benzene rings is 1. The zero-order chi connectivity index (χ0) is 14.2. The lowest BCUT2D eigenvalue weighted by Crippen LogP contribution is -2.35. The second kappa shape index (κ2) is 4.68. The Hall–Kier alpha value is -2.28. The van der Waals surface area contributed by atoms with Crippen molar-refractivity contribution < 1.29 is 4.79 Å². The molecule has 1 saturated carbocycles. The van der Waals surface area contributed by atoms with E-state index >= 15 is 0 Å². The summed E-state index contributed by atoms with van der Waals surface area (Å²) < 4.78 is 0. The highest BCUT2D eigenvalue weighted by Gasteiger charge is 2.43. The summed E-state index contributed by atoms with van der Waals surface area (Å²) in [7, 11) is 0. The molecule has 0 bridgehead atoms. The van der Waals surface area contributed by atoms with Gasteiger partial charge < -0.3 is 11.1 Å². The summed E-state index contributed by atoms with van der Waals surface area (Å²) >= 11 is 0. The number of nitrogens with two attached hydrogens (primary N) is 1. The normalized spacial score (nSPS) is 19.6. The highest BCUT2D eigenvalue weighted by atomic mass is 16.2. The third-order valence-electron chi connectivity index (χ3n) is 4.52. The summed E-state index contributed by atoms with van der Waals surface area (Å²) in [6.07, 6.45) is 5.17. The predicted octanol–water partition coefficient (Wildman–Crippen LogP) is 2.71. The van der Waals surface area contributed by atoms with Crippen LogP contribution in [0.5, 0.6) is 0 Å². The molecule has 4 nitrogen and oxygen atoms in total.